The third kappa shape index (κ3) is 5.03. The Hall–Kier alpha value is -1.65. The van der Waals surface area contributed by atoms with Gasteiger partial charge in [0.25, 0.3) is 15.9 Å². The molecule has 0 aliphatic rings. The Balaban J connectivity index is 1.61. The van der Waals surface area contributed by atoms with E-state index in [2.05, 4.69) is 37.3 Å². The maximum atomic E-state index is 12.1. The Labute approximate surface area is 183 Å². The molecule has 1 amide bonds. The number of nitrogens with one attached hydrogen (secondary N) is 2. The van der Waals surface area contributed by atoms with Gasteiger partial charge in [-0.2, -0.15) is 0 Å². The lowest BCUT2D eigenvalue weighted by atomic mass is 10.1. The van der Waals surface area contributed by atoms with Crippen LogP contribution in [-0.2, 0) is 14.8 Å². The average Bonchev–Trinajstić information content (AvgIpc) is 2.66. The van der Waals surface area contributed by atoms with Crippen molar-refractivity contribution in [2.75, 3.05) is 6.61 Å². The lowest BCUT2D eigenvalue weighted by Gasteiger charge is -2.12. The highest BCUT2D eigenvalue weighted by Crippen LogP contribution is 2.34. The number of rotatable bonds is 6. The van der Waals surface area contributed by atoms with E-state index in [1.54, 1.807) is 6.07 Å². The molecular formula is C18H13Br2ClN2O4S. The highest BCUT2D eigenvalue weighted by atomic mass is 79.9. The molecule has 0 atom stereocenters. The van der Waals surface area contributed by atoms with Crippen LogP contribution in [0.25, 0.3) is 10.8 Å². The molecule has 0 aromatic heterocycles. The highest BCUT2D eigenvalue weighted by Gasteiger charge is 2.15. The van der Waals surface area contributed by atoms with Crippen LogP contribution in [0.4, 0.5) is 0 Å². The van der Waals surface area contributed by atoms with E-state index in [0.717, 1.165) is 15.2 Å². The summed E-state index contributed by atoms with van der Waals surface area (Å²) < 4.78 is 31.4. The molecule has 0 aliphatic carbocycles. The summed E-state index contributed by atoms with van der Waals surface area (Å²) in [6.45, 7) is -0.371. The fourth-order valence-electron chi connectivity index (χ4n) is 2.33. The van der Waals surface area contributed by atoms with Crippen LogP contribution in [-0.4, -0.2) is 20.9 Å². The van der Waals surface area contributed by atoms with E-state index in [0.29, 0.717) is 15.2 Å². The van der Waals surface area contributed by atoms with Gasteiger partial charge in [-0.15, -0.1) is 4.83 Å². The van der Waals surface area contributed by atoms with Crippen LogP contribution in [0.5, 0.6) is 5.75 Å². The monoisotopic (exact) mass is 546 g/mol. The van der Waals surface area contributed by atoms with Crippen molar-refractivity contribution in [2.24, 2.45) is 0 Å². The van der Waals surface area contributed by atoms with Gasteiger partial charge in [0.1, 0.15) is 5.75 Å². The van der Waals surface area contributed by atoms with E-state index in [4.69, 9.17) is 16.3 Å². The zero-order valence-corrected chi connectivity index (χ0v) is 18.8. The normalized spacial score (nSPS) is 11.4. The van der Waals surface area contributed by atoms with Gasteiger partial charge in [-0.3, -0.25) is 10.2 Å². The molecule has 0 bridgehead atoms. The van der Waals surface area contributed by atoms with Gasteiger partial charge in [0.05, 0.1) is 9.37 Å². The largest absolute Gasteiger partial charge is 0.483 e. The summed E-state index contributed by atoms with van der Waals surface area (Å²) in [5, 5.41) is 2.32. The first-order chi connectivity index (χ1) is 13.3. The minimum atomic E-state index is -3.91. The number of halogens is 3. The molecule has 0 unspecified atom stereocenters. The molecule has 3 aromatic rings. The molecule has 0 radical (unpaired) electrons. The Morgan fingerprint density at radius 2 is 1.75 bits per heavy atom. The maximum absolute atomic E-state index is 12.1. The second-order valence-electron chi connectivity index (χ2n) is 5.64. The van der Waals surface area contributed by atoms with E-state index < -0.39 is 15.9 Å². The number of hydrogen-bond acceptors (Lipinski definition) is 4. The molecule has 28 heavy (non-hydrogen) atoms. The quantitative estimate of drug-likeness (QED) is 0.447. The van der Waals surface area contributed by atoms with E-state index in [-0.39, 0.29) is 11.5 Å². The fraction of sp³-hybridized carbons (Fsp3) is 0.0556. The number of ether oxygens (including phenoxy) is 1. The van der Waals surface area contributed by atoms with E-state index in [1.165, 1.54) is 24.3 Å². The zero-order valence-electron chi connectivity index (χ0n) is 14.1. The van der Waals surface area contributed by atoms with Crippen LogP contribution in [0.2, 0.25) is 5.02 Å². The van der Waals surface area contributed by atoms with Gasteiger partial charge in [0.2, 0.25) is 0 Å². The van der Waals surface area contributed by atoms with Crippen LogP contribution >= 0.6 is 43.5 Å². The minimum Gasteiger partial charge on any atom is -0.483 e. The van der Waals surface area contributed by atoms with Crippen LogP contribution in [0.15, 0.2) is 68.4 Å². The van der Waals surface area contributed by atoms with E-state index >= 15 is 0 Å². The number of hydrazine groups is 1. The first kappa shape index (κ1) is 21.1. The Morgan fingerprint density at radius 1 is 1.04 bits per heavy atom. The molecule has 6 nitrogen and oxygen atoms in total. The fourth-order valence-corrected chi connectivity index (χ4v) is 4.30. The summed E-state index contributed by atoms with van der Waals surface area (Å²) in [5.74, 6) is -0.189. The van der Waals surface area contributed by atoms with Gasteiger partial charge in [-0.05, 0) is 69.2 Å². The summed E-state index contributed by atoms with van der Waals surface area (Å²) in [5.41, 5.74) is 2.11. The Kier molecular flexibility index (Phi) is 6.61. The third-order valence-corrected chi connectivity index (χ3v) is 6.51. The smallest absolute Gasteiger partial charge is 0.272 e. The van der Waals surface area contributed by atoms with Gasteiger partial charge in [-0.1, -0.05) is 39.7 Å². The van der Waals surface area contributed by atoms with Crippen LogP contribution in [0, 0.1) is 0 Å². The van der Waals surface area contributed by atoms with Crippen LogP contribution < -0.4 is 15.0 Å². The summed E-state index contributed by atoms with van der Waals surface area (Å²) in [7, 11) is -3.91. The number of carbonyl (C=O) groups is 1. The van der Waals surface area contributed by atoms with Gasteiger partial charge >= 0.3 is 0 Å². The number of fused-ring (bicyclic) bond motifs is 1. The molecule has 0 aliphatic heterocycles. The van der Waals surface area contributed by atoms with Crippen molar-refractivity contribution in [2.45, 2.75) is 4.90 Å². The molecule has 3 aromatic carbocycles. The summed E-state index contributed by atoms with van der Waals surface area (Å²) in [4.78, 5) is 13.9. The van der Waals surface area contributed by atoms with Crippen molar-refractivity contribution in [1.29, 1.82) is 0 Å². The second kappa shape index (κ2) is 8.79. The second-order valence-corrected chi connectivity index (χ2v) is 9.47. The predicted octanol–water partition coefficient (Wildman–Crippen LogP) is 4.41. The lowest BCUT2D eigenvalue weighted by Crippen LogP contribution is -2.43. The number of sulfonamides is 1. The van der Waals surface area contributed by atoms with E-state index in [9.17, 15) is 13.2 Å². The molecule has 0 saturated heterocycles. The van der Waals surface area contributed by atoms with Crippen molar-refractivity contribution in [3.05, 3.63) is 68.6 Å². The topological polar surface area (TPSA) is 84.5 Å². The number of amides is 1. The van der Waals surface area contributed by atoms with Gasteiger partial charge in [-0.25, -0.2) is 8.42 Å². The molecule has 0 saturated carbocycles. The van der Waals surface area contributed by atoms with Crippen molar-refractivity contribution in [1.82, 2.24) is 10.3 Å². The molecule has 0 heterocycles. The molecular weight excluding hydrogens is 536 g/mol. The van der Waals surface area contributed by atoms with Crippen LogP contribution in [0.1, 0.15) is 0 Å². The SMILES string of the molecule is O=C(COc1ccc2cc(Br)ccc2c1Br)NNS(=O)(=O)c1ccc(Cl)cc1. The van der Waals surface area contributed by atoms with Crippen molar-refractivity contribution >= 4 is 70.2 Å². The number of hydrogen-bond donors (Lipinski definition) is 2. The zero-order chi connectivity index (χ0) is 20.3. The Bertz CT molecular complexity index is 1140. The first-order valence-corrected chi connectivity index (χ1v) is 11.3. The molecule has 3 rings (SSSR count). The molecule has 10 heteroatoms. The molecule has 2 N–H and O–H groups in total. The van der Waals surface area contributed by atoms with Gasteiger partial charge < -0.3 is 4.74 Å². The minimum absolute atomic E-state index is 0.0263. The molecule has 146 valence electrons. The lowest BCUT2D eigenvalue weighted by molar-refractivity contribution is -0.123. The predicted molar refractivity (Wildman–Crippen MR) is 115 cm³/mol. The Morgan fingerprint density at radius 3 is 2.46 bits per heavy atom. The van der Waals surface area contributed by atoms with Gasteiger partial charge in [0.15, 0.2) is 6.61 Å². The van der Waals surface area contributed by atoms with Crippen molar-refractivity contribution in [3.8, 4) is 5.75 Å². The van der Waals surface area contributed by atoms with Gasteiger partial charge in [0, 0.05) is 9.50 Å². The standard InChI is InChI=1S/C18H13Br2ClN2O4S/c19-12-2-7-15-11(9-12)1-8-16(18(15)20)27-10-17(24)22-23-28(25,26)14-5-3-13(21)4-6-14/h1-9,23H,10H2,(H,22,24). The molecule has 0 fully saturated rings. The van der Waals surface area contributed by atoms with Crippen LogP contribution in [0.3, 0.4) is 0 Å². The summed E-state index contributed by atoms with van der Waals surface area (Å²) in [6, 6.07) is 14.9. The summed E-state index contributed by atoms with van der Waals surface area (Å²) >= 11 is 12.6. The van der Waals surface area contributed by atoms with E-state index in [1.807, 2.05) is 29.1 Å². The first-order valence-electron chi connectivity index (χ1n) is 7.83. The average molecular weight is 549 g/mol. The van der Waals surface area contributed by atoms with Crippen molar-refractivity contribution < 1.29 is 17.9 Å². The van der Waals surface area contributed by atoms with Crippen molar-refractivity contribution in [3.63, 3.8) is 0 Å². The third-order valence-electron chi connectivity index (χ3n) is 3.69. The number of carbonyl (C=O) groups excluding carboxylic acids is 1. The maximum Gasteiger partial charge on any atom is 0.272 e. The number of benzene rings is 3. The molecule has 0 spiro atoms. The summed E-state index contributed by atoms with van der Waals surface area (Å²) in [6.07, 6.45) is 0. The highest BCUT2D eigenvalue weighted by molar-refractivity contribution is 9.11.